The molecule has 7 nitrogen and oxygen atoms in total. The predicted molar refractivity (Wildman–Crippen MR) is 116 cm³/mol. The van der Waals surface area contributed by atoms with E-state index in [1.165, 1.54) is 0 Å². The minimum Gasteiger partial charge on any atom is -0.497 e. The first kappa shape index (κ1) is 21.1. The zero-order valence-electron chi connectivity index (χ0n) is 17.4. The number of hydrogen-bond donors (Lipinski definition) is 2. The van der Waals surface area contributed by atoms with Crippen molar-refractivity contribution < 1.29 is 14.3 Å². The Hall–Kier alpha value is -3.61. The highest BCUT2D eigenvalue weighted by Crippen LogP contribution is 2.26. The topological polar surface area (TPSA) is 85.3 Å². The Balaban J connectivity index is 1.93. The third kappa shape index (κ3) is 4.86. The Morgan fingerprint density at radius 1 is 1.10 bits per heavy atom. The summed E-state index contributed by atoms with van der Waals surface area (Å²) in [6.45, 7) is 4.21. The van der Waals surface area contributed by atoms with Crippen molar-refractivity contribution in [1.82, 2.24) is 20.4 Å². The SMILES string of the molecule is CCCNC(=O)[C@@H](C)NC(=O)c1cn(-c2ccccc2)nc1-c1ccc(OC)cc1. The van der Waals surface area contributed by atoms with E-state index in [9.17, 15) is 9.59 Å². The molecule has 3 rings (SSSR count). The number of hydrogen-bond acceptors (Lipinski definition) is 4. The number of benzene rings is 2. The number of carbonyl (C=O) groups excluding carboxylic acids is 2. The van der Waals surface area contributed by atoms with E-state index in [2.05, 4.69) is 15.7 Å². The second kappa shape index (κ2) is 9.73. The van der Waals surface area contributed by atoms with E-state index >= 15 is 0 Å². The number of para-hydroxylation sites is 1. The summed E-state index contributed by atoms with van der Waals surface area (Å²) in [5, 5.41) is 10.2. The molecule has 0 aliphatic rings. The monoisotopic (exact) mass is 406 g/mol. The van der Waals surface area contributed by atoms with Crippen LogP contribution in [0.1, 0.15) is 30.6 Å². The van der Waals surface area contributed by atoms with Gasteiger partial charge in [-0.25, -0.2) is 4.68 Å². The lowest BCUT2D eigenvalue weighted by Crippen LogP contribution is -2.45. The maximum absolute atomic E-state index is 13.0. The van der Waals surface area contributed by atoms with Gasteiger partial charge in [-0.1, -0.05) is 25.1 Å². The van der Waals surface area contributed by atoms with Gasteiger partial charge >= 0.3 is 0 Å². The maximum atomic E-state index is 13.0. The van der Waals surface area contributed by atoms with Crippen molar-refractivity contribution >= 4 is 11.8 Å². The fraction of sp³-hybridized carbons (Fsp3) is 0.261. The van der Waals surface area contributed by atoms with Crippen LogP contribution in [-0.2, 0) is 4.79 Å². The molecule has 0 bridgehead atoms. The van der Waals surface area contributed by atoms with Gasteiger partial charge in [-0.2, -0.15) is 5.10 Å². The molecule has 1 heterocycles. The number of amides is 2. The van der Waals surface area contributed by atoms with Gasteiger partial charge in [0.1, 0.15) is 17.5 Å². The zero-order chi connectivity index (χ0) is 21.5. The maximum Gasteiger partial charge on any atom is 0.255 e. The van der Waals surface area contributed by atoms with Crippen LogP contribution < -0.4 is 15.4 Å². The predicted octanol–water partition coefficient (Wildman–Crippen LogP) is 3.19. The van der Waals surface area contributed by atoms with Gasteiger partial charge < -0.3 is 15.4 Å². The minimum absolute atomic E-state index is 0.216. The Kier molecular flexibility index (Phi) is 6.85. The van der Waals surface area contributed by atoms with E-state index in [0.29, 0.717) is 23.6 Å². The molecule has 0 fully saturated rings. The van der Waals surface area contributed by atoms with Crippen LogP contribution in [0.5, 0.6) is 5.75 Å². The van der Waals surface area contributed by atoms with Crippen LogP contribution in [0.25, 0.3) is 16.9 Å². The van der Waals surface area contributed by atoms with E-state index in [-0.39, 0.29) is 11.8 Å². The fourth-order valence-corrected chi connectivity index (χ4v) is 2.96. The molecule has 0 radical (unpaired) electrons. The summed E-state index contributed by atoms with van der Waals surface area (Å²) in [6, 6.07) is 16.2. The van der Waals surface area contributed by atoms with Crippen LogP contribution in [0, 0.1) is 0 Å². The lowest BCUT2D eigenvalue weighted by atomic mass is 10.1. The number of rotatable bonds is 8. The van der Waals surface area contributed by atoms with Gasteiger partial charge in [0.25, 0.3) is 5.91 Å². The fourth-order valence-electron chi connectivity index (χ4n) is 2.96. The molecule has 1 aromatic heterocycles. The zero-order valence-corrected chi connectivity index (χ0v) is 17.4. The number of methoxy groups -OCH3 is 1. The van der Waals surface area contributed by atoms with Crippen molar-refractivity contribution in [3.8, 4) is 22.7 Å². The second-order valence-corrected chi connectivity index (χ2v) is 6.89. The van der Waals surface area contributed by atoms with Gasteiger partial charge in [0.2, 0.25) is 5.91 Å². The van der Waals surface area contributed by atoms with Gasteiger partial charge in [0.15, 0.2) is 0 Å². The molecule has 30 heavy (non-hydrogen) atoms. The van der Waals surface area contributed by atoms with E-state index < -0.39 is 6.04 Å². The summed E-state index contributed by atoms with van der Waals surface area (Å²) in [5.74, 6) is 0.141. The van der Waals surface area contributed by atoms with Crippen molar-refractivity contribution in [1.29, 1.82) is 0 Å². The molecule has 2 amide bonds. The molecule has 1 atom stereocenters. The number of nitrogens with one attached hydrogen (secondary N) is 2. The first-order chi connectivity index (χ1) is 14.5. The van der Waals surface area contributed by atoms with Crippen LogP contribution in [0.15, 0.2) is 60.8 Å². The smallest absolute Gasteiger partial charge is 0.255 e. The van der Waals surface area contributed by atoms with E-state index in [0.717, 1.165) is 17.7 Å². The second-order valence-electron chi connectivity index (χ2n) is 6.89. The van der Waals surface area contributed by atoms with Crippen molar-refractivity contribution in [2.75, 3.05) is 13.7 Å². The third-order valence-electron chi connectivity index (χ3n) is 4.63. The summed E-state index contributed by atoms with van der Waals surface area (Å²) in [7, 11) is 1.60. The van der Waals surface area contributed by atoms with Gasteiger partial charge in [-0.15, -0.1) is 0 Å². The lowest BCUT2D eigenvalue weighted by molar-refractivity contribution is -0.122. The number of nitrogens with zero attached hydrogens (tertiary/aromatic N) is 2. The Morgan fingerprint density at radius 3 is 2.43 bits per heavy atom. The molecule has 0 saturated heterocycles. The molecule has 3 aromatic rings. The highest BCUT2D eigenvalue weighted by atomic mass is 16.5. The minimum atomic E-state index is -0.659. The normalized spacial score (nSPS) is 11.6. The average Bonchev–Trinajstić information content (AvgIpc) is 3.23. The van der Waals surface area contributed by atoms with Crippen molar-refractivity contribution in [3.05, 3.63) is 66.4 Å². The third-order valence-corrected chi connectivity index (χ3v) is 4.63. The Labute approximate surface area is 176 Å². The molecule has 0 spiro atoms. The van der Waals surface area contributed by atoms with Crippen molar-refractivity contribution in [2.24, 2.45) is 0 Å². The summed E-state index contributed by atoms with van der Waals surface area (Å²) in [4.78, 5) is 25.2. The largest absolute Gasteiger partial charge is 0.497 e. The summed E-state index contributed by atoms with van der Waals surface area (Å²) in [5.41, 5.74) is 2.53. The number of aromatic nitrogens is 2. The van der Waals surface area contributed by atoms with Gasteiger partial charge in [0, 0.05) is 18.3 Å². The summed E-state index contributed by atoms with van der Waals surface area (Å²) in [6.07, 6.45) is 2.51. The van der Waals surface area contributed by atoms with E-state index in [1.807, 2.05) is 61.5 Å². The highest BCUT2D eigenvalue weighted by molar-refractivity contribution is 6.02. The molecule has 0 saturated carbocycles. The van der Waals surface area contributed by atoms with E-state index in [4.69, 9.17) is 4.74 Å². The lowest BCUT2D eigenvalue weighted by Gasteiger charge is -2.13. The standard InChI is InChI=1S/C23H26N4O3/c1-4-14-24-22(28)16(2)25-23(29)20-15-27(18-8-6-5-7-9-18)26-21(20)17-10-12-19(30-3)13-11-17/h5-13,15-16H,4,14H2,1-3H3,(H,24,28)(H,25,29)/t16-/m1/s1. The number of carbonyl (C=O) groups is 2. The van der Waals surface area contributed by atoms with E-state index in [1.54, 1.807) is 24.9 Å². The van der Waals surface area contributed by atoms with Crippen molar-refractivity contribution in [2.45, 2.75) is 26.3 Å². The van der Waals surface area contributed by atoms with Crippen LogP contribution in [0.3, 0.4) is 0 Å². The van der Waals surface area contributed by atoms with Crippen LogP contribution in [-0.4, -0.2) is 41.3 Å². The molecular formula is C23H26N4O3. The molecule has 0 aliphatic carbocycles. The van der Waals surface area contributed by atoms with Crippen LogP contribution in [0.4, 0.5) is 0 Å². The average molecular weight is 406 g/mol. The highest BCUT2D eigenvalue weighted by Gasteiger charge is 2.22. The number of ether oxygens (including phenoxy) is 1. The Morgan fingerprint density at radius 2 is 1.80 bits per heavy atom. The summed E-state index contributed by atoms with van der Waals surface area (Å²) >= 11 is 0. The molecule has 0 unspecified atom stereocenters. The molecule has 2 aromatic carbocycles. The van der Waals surface area contributed by atoms with Gasteiger partial charge in [-0.3, -0.25) is 9.59 Å². The van der Waals surface area contributed by atoms with Gasteiger partial charge in [0.05, 0.1) is 18.4 Å². The van der Waals surface area contributed by atoms with Gasteiger partial charge in [-0.05, 0) is 49.7 Å². The first-order valence-electron chi connectivity index (χ1n) is 9.91. The quantitative estimate of drug-likeness (QED) is 0.602. The van der Waals surface area contributed by atoms with Crippen LogP contribution >= 0.6 is 0 Å². The molecule has 0 aliphatic heterocycles. The van der Waals surface area contributed by atoms with Crippen LogP contribution in [0.2, 0.25) is 0 Å². The molecule has 7 heteroatoms. The molecular weight excluding hydrogens is 380 g/mol. The molecule has 156 valence electrons. The Bertz CT molecular complexity index is 997. The van der Waals surface area contributed by atoms with Crippen molar-refractivity contribution in [3.63, 3.8) is 0 Å². The summed E-state index contributed by atoms with van der Waals surface area (Å²) < 4.78 is 6.88. The first-order valence-corrected chi connectivity index (χ1v) is 9.91. The molecule has 2 N–H and O–H groups in total.